The van der Waals surface area contributed by atoms with Crippen molar-refractivity contribution < 1.29 is 34.4 Å². The van der Waals surface area contributed by atoms with E-state index in [0.29, 0.717) is 0 Å². The number of aliphatic hydroxyl groups is 3. The number of carbonyl (C=O) groups excluding carboxylic acids is 2. The first kappa shape index (κ1) is 27.3. The van der Waals surface area contributed by atoms with Crippen LogP contribution in [0.3, 0.4) is 0 Å². The lowest BCUT2D eigenvalue weighted by Gasteiger charge is -2.17. The first-order chi connectivity index (χ1) is 15.0. The quantitative estimate of drug-likeness (QED) is 0.181. The largest absolute Gasteiger partial charge is 0.505 e. The maximum Gasteiger partial charge on any atom is 0.377 e. The van der Waals surface area contributed by atoms with Crippen LogP contribution in [0.2, 0.25) is 0 Å². The zero-order chi connectivity index (χ0) is 22.9. The van der Waals surface area contributed by atoms with Crippen LogP contribution in [0.5, 0.6) is 0 Å². The van der Waals surface area contributed by atoms with E-state index in [9.17, 15) is 24.9 Å². The number of aliphatic hydroxyl groups excluding tert-OH is 3. The van der Waals surface area contributed by atoms with Gasteiger partial charge in [0.05, 0.1) is 0 Å². The third-order valence-electron chi connectivity index (χ3n) is 5.69. The van der Waals surface area contributed by atoms with Crippen LogP contribution in [0, 0.1) is 0 Å². The average molecular weight is 443 g/mol. The summed E-state index contributed by atoms with van der Waals surface area (Å²) in [4.78, 5) is 22.8. The SMILES string of the molecule is CCCCCCCCCCCCCCCCCC(=O)OC[C@H](O)[C@H]1OC(=O)C(O)=C1O. The van der Waals surface area contributed by atoms with Crippen LogP contribution in [-0.4, -0.2) is 46.1 Å². The maximum absolute atomic E-state index is 11.7. The lowest BCUT2D eigenvalue weighted by atomic mass is 10.0. The molecule has 0 radical (unpaired) electrons. The van der Waals surface area contributed by atoms with Gasteiger partial charge in [-0.15, -0.1) is 0 Å². The van der Waals surface area contributed by atoms with Crippen molar-refractivity contribution in [3.63, 3.8) is 0 Å². The van der Waals surface area contributed by atoms with Gasteiger partial charge in [-0.3, -0.25) is 4.79 Å². The average Bonchev–Trinajstić information content (AvgIpc) is 3.02. The van der Waals surface area contributed by atoms with Crippen molar-refractivity contribution in [2.45, 2.75) is 122 Å². The van der Waals surface area contributed by atoms with E-state index in [2.05, 4.69) is 11.7 Å². The lowest BCUT2D eigenvalue weighted by Crippen LogP contribution is -2.33. The van der Waals surface area contributed by atoms with Gasteiger partial charge in [0.25, 0.3) is 0 Å². The van der Waals surface area contributed by atoms with Crippen LogP contribution in [0.25, 0.3) is 0 Å². The Hall–Kier alpha value is -1.76. The van der Waals surface area contributed by atoms with E-state index in [1.807, 2.05) is 0 Å². The highest BCUT2D eigenvalue weighted by atomic mass is 16.6. The zero-order valence-electron chi connectivity index (χ0n) is 19.2. The molecule has 1 aliphatic heterocycles. The first-order valence-corrected chi connectivity index (χ1v) is 12.1. The number of ether oxygens (including phenoxy) is 2. The molecule has 1 rings (SSSR count). The first-order valence-electron chi connectivity index (χ1n) is 12.1. The van der Waals surface area contributed by atoms with Crippen molar-refractivity contribution >= 4 is 11.9 Å². The van der Waals surface area contributed by atoms with Crippen molar-refractivity contribution in [3.8, 4) is 0 Å². The summed E-state index contributed by atoms with van der Waals surface area (Å²) in [5, 5.41) is 28.5. The molecule has 0 aliphatic carbocycles. The molecule has 7 heteroatoms. The molecule has 3 N–H and O–H groups in total. The molecule has 2 atom stereocenters. The third kappa shape index (κ3) is 12.0. The minimum Gasteiger partial charge on any atom is -0.505 e. The van der Waals surface area contributed by atoms with Crippen molar-refractivity contribution in [1.82, 2.24) is 0 Å². The fourth-order valence-electron chi connectivity index (χ4n) is 3.71. The number of esters is 2. The van der Waals surface area contributed by atoms with E-state index in [0.717, 1.165) is 19.3 Å². The Morgan fingerprint density at radius 2 is 1.32 bits per heavy atom. The maximum atomic E-state index is 11.7. The van der Waals surface area contributed by atoms with Gasteiger partial charge in [-0.25, -0.2) is 4.79 Å². The molecule has 31 heavy (non-hydrogen) atoms. The Labute approximate surface area is 186 Å². The van der Waals surface area contributed by atoms with Crippen LogP contribution in [0.1, 0.15) is 110 Å². The molecule has 0 aromatic heterocycles. The molecule has 0 saturated heterocycles. The topological polar surface area (TPSA) is 113 Å². The third-order valence-corrected chi connectivity index (χ3v) is 5.69. The molecule has 0 spiro atoms. The summed E-state index contributed by atoms with van der Waals surface area (Å²) < 4.78 is 9.57. The Bertz CT molecular complexity index is 544. The minimum atomic E-state index is -1.42. The molecule has 180 valence electrons. The Morgan fingerprint density at radius 3 is 1.74 bits per heavy atom. The van der Waals surface area contributed by atoms with E-state index in [1.54, 1.807) is 0 Å². The molecule has 0 aromatic rings. The van der Waals surface area contributed by atoms with Gasteiger partial charge < -0.3 is 24.8 Å². The number of hydrogen-bond acceptors (Lipinski definition) is 7. The van der Waals surface area contributed by atoms with Crippen LogP contribution in [-0.2, 0) is 19.1 Å². The fraction of sp³-hybridized carbons (Fsp3) is 0.833. The highest BCUT2D eigenvalue weighted by Crippen LogP contribution is 2.21. The summed E-state index contributed by atoms with van der Waals surface area (Å²) in [7, 11) is 0. The van der Waals surface area contributed by atoms with E-state index in [1.165, 1.54) is 77.0 Å². The fourth-order valence-corrected chi connectivity index (χ4v) is 3.71. The number of rotatable bonds is 19. The smallest absolute Gasteiger partial charge is 0.377 e. The van der Waals surface area contributed by atoms with Gasteiger partial charge in [-0.05, 0) is 6.42 Å². The summed E-state index contributed by atoms with van der Waals surface area (Å²) in [6.07, 6.45) is 16.2. The second kappa shape index (κ2) is 16.9. The van der Waals surface area contributed by atoms with E-state index >= 15 is 0 Å². The normalized spacial score (nSPS) is 17.1. The second-order valence-electron chi connectivity index (χ2n) is 8.51. The monoisotopic (exact) mass is 442 g/mol. The van der Waals surface area contributed by atoms with Crippen LogP contribution >= 0.6 is 0 Å². The molecule has 1 aliphatic rings. The molecule has 7 nitrogen and oxygen atoms in total. The zero-order valence-corrected chi connectivity index (χ0v) is 19.2. The molecule has 0 saturated carbocycles. The van der Waals surface area contributed by atoms with Crippen molar-refractivity contribution in [2.75, 3.05) is 6.61 Å². The highest BCUT2D eigenvalue weighted by Gasteiger charge is 2.39. The molecule has 0 fully saturated rings. The van der Waals surface area contributed by atoms with Crippen molar-refractivity contribution in [2.24, 2.45) is 0 Å². The Balaban J connectivity index is 1.88. The van der Waals surface area contributed by atoms with E-state index < -0.39 is 42.3 Å². The summed E-state index contributed by atoms with van der Waals surface area (Å²) in [5.41, 5.74) is 0. The van der Waals surface area contributed by atoms with Crippen molar-refractivity contribution in [1.29, 1.82) is 0 Å². The van der Waals surface area contributed by atoms with Gasteiger partial charge in [-0.1, -0.05) is 96.8 Å². The number of unbranched alkanes of at least 4 members (excludes halogenated alkanes) is 14. The Kier molecular flexibility index (Phi) is 14.8. The number of hydrogen-bond donors (Lipinski definition) is 3. The molecular formula is C24H42O7. The predicted octanol–water partition coefficient (Wildman–Crippen LogP) is 5.41. The Morgan fingerprint density at radius 1 is 0.871 bits per heavy atom. The lowest BCUT2D eigenvalue weighted by molar-refractivity contribution is -0.154. The molecule has 1 heterocycles. The van der Waals surface area contributed by atoms with Gasteiger partial charge in [0.2, 0.25) is 5.76 Å². The van der Waals surface area contributed by atoms with Crippen molar-refractivity contribution in [3.05, 3.63) is 11.5 Å². The summed E-state index contributed by atoms with van der Waals surface area (Å²) in [6.45, 7) is 1.84. The summed E-state index contributed by atoms with van der Waals surface area (Å²) >= 11 is 0. The minimum absolute atomic E-state index is 0.266. The summed E-state index contributed by atoms with van der Waals surface area (Å²) in [6, 6.07) is 0. The van der Waals surface area contributed by atoms with Gasteiger partial charge in [0.1, 0.15) is 12.7 Å². The second-order valence-corrected chi connectivity index (χ2v) is 8.51. The molecule has 0 amide bonds. The highest BCUT2D eigenvalue weighted by molar-refractivity contribution is 5.89. The van der Waals surface area contributed by atoms with E-state index in [-0.39, 0.29) is 6.42 Å². The van der Waals surface area contributed by atoms with Gasteiger partial charge in [0, 0.05) is 6.42 Å². The van der Waals surface area contributed by atoms with Crippen LogP contribution < -0.4 is 0 Å². The van der Waals surface area contributed by atoms with Gasteiger partial charge in [0.15, 0.2) is 11.9 Å². The number of cyclic esters (lactones) is 1. The van der Waals surface area contributed by atoms with Gasteiger partial charge in [-0.2, -0.15) is 0 Å². The summed E-state index contributed by atoms with van der Waals surface area (Å²) in [5.74, 6) is -3.21. The van der Waals surface area contributed by atoms with Crippen LogP contribution in [0.4, 0.5) is 0 Å². The predicted molar refractivity (Wildman–Crippen MR) is 119 cm³/mol. The van der Waals surface area contributed by atoms with E-state index in [4.69, 9.17) is 4.74 Å². The number of carbonyl (C=O) groups is 2. The molecule has 0 unspecified atom stereocenters. The van der Waals surface area contributed by atoms with Crippen LogP contribution in [0.15, 0.2) is 11.5 Å². The molecular weight excluding hydrogens is 400 g/mol. The van der Waals surface area contributed by atoms with Gasteiger partial charge >= 0.3 is 11.9 Å². The molecule has 0 bridgehead atoms. The molecule has 0 aromatic carbocycles. The standard InChI is InChI=1S/C24H42O7/c1-2-3-4-5-6-7-8-9-10-11-12-13-14-15-16-17-20(26)30-18-19(25)23-21(27)22(28)24(29)31-23/h19,23,25,27-28H,2-18H2,1H3/t19-,23+/m0/s1.